The molecule has 2 N–H and O–H groups in total. The number of benzene rings is 2. The van der Waals surface area contributed by atoms with Crippen molar-refractivity contribution < 1.29 is 28.2 Å². The molecule has 1 aliphatic rings. The SMILES string of the molecule is COc1cc2c(cc1OC)CN(Cc1cc(=O)c(OCC(=O)Nc3ccc(NC(C)=O)cc3)co1)CC2. The average Bonchev–Trinajstić information content (AvgIpc) is 2.88. The Morgan fingerprint density at radius 2 is 1.59 bits per heavy atom. The smallest absolute Gasteiger partial charge is 0.262 e. The number of amides is 2. The molecule has 0 spiro atoms. The standard InChI is InChI=1S/C27H29N3O7/c1-17(31)28-20-4-6-21(7-5-20)29-27(33)16-37-26-15-36-22(12-23(26)32)14-30-9-8-18-10-24(34-2)25(35-3)11-19(18)13-30/h4-7,10-12,15H,8-9,13-14,16H2,1-3H3,(H,28,31)(H,29,33). The lowest BCUT2D eigenvalue weighted by Gasteiger charge is -2.29. The number of fused-ring (bicyclic) bond motifs is 1. The van der Waals surface area contributed by atoms with Crippen molar-refractivity contribution in [1.29, 1.82) is 0 Å². The van der Waals surface area contributed by atoms with Crippen LogP contribution in [0, 0.1) is 0 Å². The predicted molar refractivity (Wildman–Crippen MR) is 137 cm³/mol. The molecule has 10 heteroatoms. The summed E-state index contributed by atoms with van der Waals surface area (Å²) in [5.41, 5.74) is 3.14. The zero-order chi connectivity index (χ0) is 26.4. The van der Waals surface area contributed by atoms with Gasteiger partial charge in [-0.25, -0.2) is 0 Å². The van der Waals surface area contributed by atoms with E-state index in [0.29, 0.717) is 41.7 Å². The quantitative estimate of drug-likeness (QED) is 0.453. The second-order valence-electron chi connectivity index (χ2n) is 8.61. The van der Waals surface area contributed by atoms with Gasteiger partial charge >= 0.3 is 0 Å². The number of hydrogen-bond donors (Lipinski definition) is 2. The Bertz CT molecular complexity index is 1330. The van der Waals surface area contributed by atoms with Crippen molar-refractivity contribution >= 4 is 23.2 Å². The van der Waals surface area contributed by atoms with Gasteiger partial charge in [-0.2, -0.15) is 0 Å². The van der Waals surface area contributed by atoms with Gasteiger partial charge in [-0.15, -0.1) is 0 Å². The molecule has 2 amide bonds. The maximum Gasteiger partial charge on any atom is 0.262 e. The van der Waals surface area contributed by atoms with E-state index in [2.05, 4.69) is 15.5 Å². The van der Waals surface area contributed by atoms with E-state index in [9.17, 15) is 14.4 Å². The highest BCUT2D eigenvalue weighted by atomic mass is 16.5. The van der Waals surface area contributed by atoms with Crippen LogP contribution in [-0.2, 0) is 29.1 Å². The first-order valence-corrected chi connectivity index (χ1v) is 11.7. The fraction of sp³-hybridized carbons (Fsp3) is 0.296. The summed E-state index contributed by atoms with van der Waals surface area (Å²) in [4.78, 5) is 38.0. The number of anilines is 2. The van der Waals surface area contributed by atoms with Gasteiger partial charge in [0.25, 0.3) is 5.91 Å². The van der Waals surface area contributed by atoms with Gasteiger partial charge in [0, 0.05) is 37.5 Å². The summed E-state index contributed by atoms with van der Waals surface area (Å²) < 4.78 is 21.8. The van der Waals surface area contributed by atoms with E-state index in [-0.39, 0.29) is 23.7 Å². The summed E-state index contributed by atoms with van der Waals surface area (Å²) in [7, 11) is 3.23. The molecule has 4 rings (SSSR count). The number of ether oxygens (including phenoxy) is 3. The summed E-state index contributed by atoms with van der Waals surface area (Å²) in [5, 5.41) is 5.32. The third kappa shape index (κ3) is 6.68. The highest BCUT2D eigenvalue weighted by molar-refractivity contribution is 5.93. The fourth-order valence-corrected chi connectivity index (χ4v) is 4.10. The molecular formula is C27H29N3O7. The minimum Gasteiger partial charge on any atom is -0.493 e. The van der Waals surface area contributed by atoms with E-state index in [1.807, 2.05) is 12.1 Å². The van der Waals surface area contributed by atoms with Crippen LogP contribution in [0.5, 0.6) is 17.2 Å². The lowest BCUT2D eigenvalue weighted by atomic mass is 9.98. The zero-order valence-electron chi connectivity index (χ0n) is 21.0. The molecule has 0 saturated heterocycles. The normalized spacial score (nSPS) is 12.8. The van der Waals surface area contributed by atoms with Crippen LogP contribution in [0.3, 0.4) is 0 Å². The molecule has 0 radical (unpaired) electrons. The number of rotatable bonds is 9. The van der Waals surface area contributed by atoms with Crippen molar-refractivity contribution in [1.82, 2.24) is 4.90 Å². The van der Waals surface area contributed by atoms with E-state index >= 15 is 0 Å². The first-order valence-electron chi connectivity index (χ1n) is 11.7. The first kappa shape index (κ1) is 25.8. The molecule has 3 aromatic rings. The van der Waals surface area contributed by atoms with Crippen LogP contribution in [0.25, 0.3) is 0 Å². The van der Waals surface area contributed by atoms with E-state index in [4.69, 9.17) is 18.6 Å². The van der Waals surface area contributed by atoms with E-state index in [1.165, 1.54) is 24.8 Å². The Morgan fingerprint density at radius 1 is 0.946 bits per heavy atom. The Morgan fingerprint density at radius 3 is 2.22 bits per heavy atom. The highest BCUT2D eigenvalue weighted by Crippen LogP contribution is 2.33. The van der Waals surface area contributed by atoms with Gasteiger partial charge in [0.05, 0.1) is 20.8 Å². The second kappa shape index (κ2) is 11.6. The third-order valence-electron chi connectivity index (χ3n) is 5.88. The molecule has 0 bridgehead atoms. The Kier molecular flexibility index (Phi) is 8.09. The number of nitrogens with one attached hydrogen (secondary N) is 2. The van der Waals surface area contributed by atoms with Crippen molar-refractivity contribution in [3.63, 3.8) is 0 Å². The molecule has 2 heterocycles. The van der Waals surface area contributed by atoms with E-state index < -0.39 is 5.91 Å². The van der Waals surface area contributed by atoms with Gasteiger partial charge in [-0.3, -0.25) is 19.3 Å². The van der Waals surface area contributed by atoms with Crippen LogP contribution in [-0.4, -0.2) is 44.1 Å². The van der Waals surface area contributed by atoms with Gasteiger partial charge in [0.15, 0.2) is 18.1 Å². The minimum atomic E-state index is -0.435. The summed E-state index contributed by atoms with van der Waals surface area (Å²) >= 11 is 0. The maximum atomic E-state index is 12.5. The van der Waals surface area contributed by atoms with Crippen LogP contribution >= 0.6 is 0 Å². The highest BCUT2D eigenvalue weighted by Gasteiger charge is 2.20. The predicted octanol–water partition coefficient (Wildman–Crippen LogP) is 3.19. The molecule has 37 heavy (non-hydrogen) atoms. The maximum absolute atomic E-state index is 12.5. The van der Waals surface area contributed by atoms with Gasteiger partial charge in [0.1, 0.15) is 12.0 Å². The van der Waals surface area contributed by atoms with Gasteiger partial charge in [-0.05, 0) is 53.9 Å². The van der Waals surface area contributed by atoms with Crippen LogP contribution < -0.4 is 30.3 Å². The first-order chi connectivity index (χ1) is 17.8. The van der Waals surface area contributed by atoms with E-state index in [1.54, 1.807) is 38.5 Å². The van der Waals surface area contributed by atoms with Crippen LogP contribution in [0.2, 0.25) is 0 Å². The summed E-state index contributed by atoms with van der Waals surface area (Å²) in [6, 6.07) is 12.0. The summed E-state index contributed by atoms with van der Waals surface area (Å²) in [5.74, 6) is 1.24. The van der Waals surface area contributed by atoms with Crippen molar-refractivity contribution in [3.8, 4) is 17.2 Å². The monoisotopic (exact) mass is 507 g/mol. The summed E-state index contributed by atoms with van der Waals surface area (Å²) in [6.07, 6.45) is 2.07. The van der Waals surface area contributed by atoms with Crippen LogP contribution in [0.1, 0.15) is 23.8 Å². The van der Waals surface area contributed by atoms with Gasteiger partial charge < -0.3 is 29.3 Å². The lowest BCUT2D eigenvalue weighted by Crippen LogP contribution is -2.30. The molecule has 10 nitrogen and oxygen atoms in total. The molecule has 0 saturated carbocycles. The molecule has 0 atom stereocenters. The lowest BCUT2D eigenvalue weighted by molar-refractivity contribution is -0.118. The van der Waals surface area contributed by atoms with Gasteiger partial charge in [0.2, 0.25) is 17.1 Å². The van der Waals surface area contributed by atoms with Crippen LogP contribution in [0.15, 0.2) is 57.9 Å². The largest absolute Gasteiger partial charge is 0.493 e. The third-order valence-corrected chi connectivity index (χ3v) is 5.88. The Balaban J connectivity index is 1.30. The Hall–Kier alpha value is -4.31. The molecule has 2 aromatic carbocycles. The number of nitrogens with zero attached hydrogens (tertiary/aromatic N) is 1. The molecule has 1 aromatic heterocycles. The minimum absolute atomic E-state index is 0.0410. The molecule has 0 fully saturated rings. The topological polar surface area (TPSA) is 119 Å². The van der Waals surface area contributed by atoms with Gasteiger partial charge in [-0.1, -0.05) is 0 Å². The van der Waals surface area contributed by atoms with Crippen molar-refractivity contribution in [2.24, 2.45) is 0 Å². The molecular weight excluding hydrogens is 478 g/mol. The van der Waals surface area contributed by atoms with E-state index in [0.717, 1.165) is 18.5 Å². The average molecular weight is 508 g/mol. The number of carbonyl (C=O) groups is 2. The van der Waals surface area contributed by atoms with Crippen molar-refractivity contribution in [3.05, 3.63) is 75.8 Å². The fourth-order valence-electron chi connectivity index (χ4n) is 4.10. The van der Waals surface area contributed by atoms with Crippen molar-refractivity contribution in [2.45, 2.75) is 26.4 Å². The molecule has 0 unspecified atom stereocenters. The Labute approximate surface area is 214 Å². The number of hydrogen-bond acceptors (Lipinski definition) is 8. The van der Waals surface area contributed by atoms with Crippen molar-refractivity contribution in [2.75, 3.05) is 38.0 Å². The second-order valence-corrected chi connectivity index (χ2v) is 8.61. The van der Waals surface area contributed by atoms with Crippen LogP contribution in [0.4, 0.5) is 11.4 Å². The molecule has 0 aliphatic carbocycles. The zero-order valence-corrected chi connectivity index (χ0v) is 21.0. The summed E-state index contributed by atoms with van der Waals surface area (Å²) in [6.45, 7) is 3.00. The molecule has 194 valence electrons. The number of methoxy groups -OCH3 is 2. The number of carbonyl (C=O) groups excluding carboxylic acids is 2. The molecule has 1 aliphatic heterocycles.